The lowest BCUT2D eigenvalue weighted by Gasteiger charge is -2.18. The van der Waals surface area contributed by atoms with Crippen molar-refractivity contribution in [1.82, 2.24) is 4.90 Å². The molecule has 1 rings (SSSR count). The third-order valence-corrected chi connectivity index (χ3v) is 2.54. The number of carbonyl (C=O) groups excluding carboxylic acids is 2. The molecule has 0 aromatic heterocycles. The zero-order valence-electron chi connectivity index (χ0n) is 11.5. The minimum atomic E-state index is -0.867. The van der Waals surface area contributed by atoms with Gasteiger partial charge in [-0.1, -0.05) is 6.07 Å². The standard InChI is InChI=1S/C13H18N2O4/c1-8(12(16)15(2)3)19-13(17)9-6-5-7-10(14)11(9)18-4/h5-8H,14H2,1-4H3. The van der Waals surface area contributed by atoms with E-state index in [0.717, 1.165) is 0 Å². The number of esters is 1. The first-order valence-electron chi connectivity index (χ1n) is 5.73. The van der Waals surface area contributed by atoms with Gasteiger partial charge in [0.2, 0.25) is 0 Å². The summed E-state index contributed by atoms with van der Waals surface area (Å²) in [7, 11) is 4.60. The van der Waals surface area contributed by atoms with Gasteiger partial charge in [-0.2, -0.15) is 0 Å². The second-order valence-electron chi connectivity index (χ2n) is 4.21. The molecule has 0 radical (unpaired) electrons. The minimum Gasteiger partial charge on any atom is -0.494 e. The Bertz CT molecular complexity index is 486. The Morgan fingerprint density at radius 2 is 1.95 bits per heavy atom. The lowest BCUT2D eigenvalue weighted by molar-refractivity contribution is -0.137. The molecule has 0 bridgehead atoms. The summed E-state index contributed by atoms with van der Waals surface area (Å²) < 4.78 is 10.2. The molecular formula is C13H18N2O4. The van der Waals surface area contributed by atoms with Gasteiger partial charge in [-0.05, 0) is 19.1 Å². The number of para-hydroxylation sites is 1. The van der Waals surface area contributed by atoms with Crippen LogP contribution in [0.4, 0.5) is 5.69 Å². The summed E-state index contributed by atoms with van der Waals surface area (Å²) in [5.74, 6) is -0.694. The van der Waals surface area contributed by atoms with Crippen LogP contribution < -0.4 is 10.5 Å². The van der Waals surface area contributed by atoms with Gasteiger partial charge in [0, 0.05) is 14.1 Å². The van der Waals surface area contributed by atoms with Crippen LogP contribution in [0.15, 0.2) is 18.2 Å². The monoisotopic (exact) mass is 266 g/mol. The van der Waals surface area contributed by atoms with Crippen LogP contribution >= 0.6 is 0 Å². The average molecular weight is 266 g/mol. The largest absolute Gasteiger partial charge is 0.494 e. The predicted octanol–water partition coefficient (Wildman–Crippen LogP) is 0.911. The Morgan fingerprint density at radius 1 is 1.32 bits per heavy atom. The van der Waals surface area contributed by atoms with Crippen molar-refractivity contribution < 1.29 is 19.1 Å². The molecule has 1 unspecified atom stereocenters. The molecule has 6 nitrogen and oxygen atoms in total. The Morgan fingerprint density at radius 3 is 2.47 bits per heavy atom. The fraction of sp³-hybridized carbons (Fsp3) is 0.385. The second kappa shape index (κ2) is 6.08. The lowest BCUT2D eigenvalue weighted by Crippen LogP contribution is -2.35. The van der Waals surface area contributed by atoms with Crippen molar-refractivity contribution >= 4 is 17.6 Å². The van der Waals surface area contributed by atoms with E-state index in [2.05, 4.69) is 0 Å². The maximum absolute atomic E-state index is 12.0. The predicted molar refractivity (Wildman–Crippen MR) is 71.0 cm³/mol. The van der Waals surface area contributed by atoms with Crippen molar-refractivity contribution in [1.29, 1.82) is 0 Å². The van der Waals surface area contributed by atoms with Gasteiger partial charge in [-0.3, -0.25) is 4.79 Å². The number of nitrogens with zero attached hydrogens (tertiary/aromatic N) is 1. The van der Waals surface area contributed by atoms with Crippen LogP contribution in [-0.2, 0) is 9.53 Å². The fourth-order valence-electron chi connectivity index (χ4n) is 1.58. The molecule has 0 aliphatic rings. The molecule has 1 atom stereocenters. The minimum absolute atomic E-state index is 0.195. The van der Waals surface area contributed by atoms with E-state index in [-0.39, 0.29) is 17.2 Å². The summed E-state index contributed by atoms with van der Waals surface area (Å²) in [6.07, 6.45) is -0.867. The first-order valence-corrected chi connectivity index (χ1v) is 5.73. The van der Waals surface area contributed by atoms with Crippen LogP contribution in [0.25, 0.3) is 0 Å². The number of carbonyl (C=O) groups is 2. The highest BCUT2D eigenvalue weighted by molar-refractivity contribution is 5.96. The Balaban J connectivity index is 2.90. The van der Waals surface area contributed by atoms with Crippen LogP contribution in [-0.4, -0.2) is 44.1 Å². The number of ether oxygens (including phenoxy) is 2. The molecule has 0 fully saturated rings. The molecule has 1 amide bonds. The van der Waals surface area contributed by atoms with Crippen molar-refractivity contribution in [3.05, 3.63) is 23.8 Å². The number of amides is 1. The van der Waals surface area contributed by atoms with Gasteiger partial charge in [0.15, 0.2) is 11.9 Å². The molecule has 1 aromatic rings. The van der Waals surface area contributed by atoms with Crippen LogP contribution in [0.2, 0.25) is 0 Å². The molecule has 0 aliphatic heterocycles. The molecule has 0 spiro atoms. The van der Waals surface area contributed by atoms with Crippen molar-refractivity contribution in [3.63, 3.8) is 0 Å². The Kier molecular flexibility index (Phi) is 4.74. The van der Waals surface area contributed by atoms with Crippen LogP contribution in [0.3, 0.4) is 0 Å². The molecule has 0 aliphatic carbocycles. The molecule has 2 N–H and O–H groups in total. The maximum Gasteiger partial charge on any atom is 0.342 e. The molecule has 0 saturated carbocycles. The number of rotatable bonds is 4. The quantitative estimate of drug-likeness (QED) is 0.647. The first-order chi connectivity index (χ1) is 8.88. The van der Waals surface area contributed by atoms with E-state index < -0.39 is 12.1 Å². The van der Waals surface area contributed by atoms with Gasteiger partial charge in [-0.15, -0.1) is 0 Å². The van der Waals surface area contributed by atoms with Crippen molar-refractivity contribution in [3.8, 4) is 5.75 Å². The lowest BCUT2D eigenvalue weighted by atomic mass is 10.1. The Hall–Kier alpha value is -2.24. The van der Waals surface area contributed by atoms with Crippen molar-refractivity contribution in [2.75, 3.05) is 26.9 Å². The van der Waals surface area contributed by atoms with Gasteiger partial charge < -0.3 is 20.1 Å². The maximum atomic E-state index is 12.0. The van der Waals surface area contributed by atoms with E-state index in [1.165, 1.54) is 25.0 Å². The molecule has 1 aromatic carbocycles. The number of benzene rings is 1. The van der Waals surface area contributed by atoms with E-state index >= 15 is 0 Å². The van der Waals surface area contributed by atoms with E-state index in [4.69, 9.17) is 15.2 Å². The van der Waals surface area contributed by atoms with Gasteiger partial charge in [0.05, 0.1) is 12.8 Å². The first kappa shape index (κ1) is 14.8. The summed E-state index contributed by atoms with van der Waals surface area (Å²) in [4.78, 5) is 25.0. The fourth-order valence-corrected chi connectivity index (χ4v) is 1.58. The summed E-state index contributed by atoms with van der Waals surface area (Å²) in [5, 5.41) is 0. The summed E-state index contributed by atoms with van der Waals surface area (Å²) in [6, 6.07) is 4.77. The van der Waals surface area contributed by atoms with Crippen LogP contribution in [0.5, 0.6) is 5.75 Å². The zero-order valence-corrected chi connectivity index (χ0v) is 11.5. The molecule has 104 valence electrons. The van der Waals surface area contributed by atoms with Crippen LogP contribution in [0.1, 0.15) is 17.3 Å². The number of likely N-dealkylation sites (N-methyl/N-ethyl adjacent to an activating group) is 1. The van der Waals surface area contributed by atoms with E-state index in [1.54, 1.807) is 26.2 Å². The van der Waals surface area contributed by atoms with Gasteiger partial charge >= 0.3 is 5.97 Å². The normalized spacial score (nSPS) is 11.6. The van der Waals surface area contributed by atoms with Gasteiger partial charge in [0.25, 0.3) is 5.91 Å². The van der Waals surface area contributed by atoms with E-state index in [9.17, 15) is 9.59 Å². The van der Waals surface area contributed by atoms with Crippen molar-refractivity contribution in [2.45, 2.75) is 13.0 Å². The van der Waals surface area contributed by atoms with Gasteiger partial charge in [-0.25, -0.2) is 4.79 Å². The van der Waals surface area contributed by atoms with Gasteiger partial charge in [0.1, 0.15) is 5.56 Å². The molecule has 19 heavy (non-hydrogen) atoms. The number of hydrogen-bond donors (Lipinski definition) is 1. The third-order valence-electron chi connectivity index (χ3n) is 2.54. The SMILES string of the molecule is COc1c(N)cccc1C(=O)OC(C)C(=O)N(C)C. The number of nitrogens with two attached hydrogens (primary N) is 1. The molecule has 0 saturated heterocycles. The number of nitrogen functional groups attached to an aromatic ring is 1. The molecule has 6 heteroatoms. The number of anilines is 1. The third kappa shape index (κ3) is 3.37. The summed E-state index contributed by atoms with van der Waals surface area (Å²) in [6.45, 7) is 1.51. The number of hydrogen-bond acceptors (Lipinski definition) is 5. The second-order valence-corrected chi connectivity index (χ2v) is 4.21. The topological polar surface area (TPSA) is 81.9 Å². The highest BCUT2D eigenvalue weighted by Crippen LogP contribution is 2.26. The zero-order chi connectivity index (χ0) is 14.6. The van der Waals surface area contributed by atoms with E-state index in [1.807, 2.05) is 0 Å². The average Bonchev–Trinajstić information content (AvgIpc) is 2.37. The Labute approximate surface area is 112 Å². The number of methoxy groups -OCH3 is 1. The summed E-state index contributed by atoms with van der Waals surface area (Å²) in [5.41, 5.74) is 6.23. The smallest absolute Gasteiger partial charge is 0.342 e. The molecule has 0 heterocycles. The highest BCUT2D eigenvalue weighted by Gasteiger charge is 2.23. The highest BCUT2D eigenvalue weighted by atomic mass is 16.5. The van der Waals surface area contributed by atoms with E-state index in [0.29, 0.717) is 5.69 Å². The molecular weight excluding hydrogens is 248 g/mol. The van der Waals surface area contributed by atoms with Crippen molar-refractivity contribution in [2.24, 2.45) is 0 Å². The van der Waals surface area contributed by atoms with Crippen LogP contribution in [0, 0.1) is 0 Å². The summed E-state index contributed by atoms with van der Waals surface area (Å²) >= 11 is 0.